The van der Waals surface area contributed by atoms with Gasteiger partial charge in [0.2, 0.25) is 5.91 Å². The van der Waals surface area contributed by atoms with E-state index in [-0.39, 0.29) is 25.0 Å². The molecular formula is C12H19N3O4. The van der Waals surface area contributed by atoms with Gasteiger partial charge in [0.25, 0.3) is 0 Å². The van der Waals surface area contributed by atoms with E-state index >= 15 is 0 Å². The molecule has 2 heterocycles. The number of carboxylic acid groups (broad SMARTS) is 1. The van der Waals surface area contributed by atoms with Crippen molar-refractivity contribution in [1.29, 1.82) is 0 Å². The fourth-order valence-electron chi connectivity index (χ4n) is 2.57. The minimum absolute atomic E-state index is 0.150. The summed E-state index contributed by atoms with van der Waals surface area (Å²) in [7, 11) is 1.56. The molecule has 106 valence electrons. The molecule has 7 heteroatoms. The molecule has 7 nitrogen and oxygen atoms in total. The van der Waals surface area contributed by atoms with Crippen LogP contribution in [0.25, 0.3) is 0 Å². The van der Waals surface area contributed by atoms with Gasteiger partial charge in [-0.05, 0) is 19.3 Å². The molecule has 1 atom stereocenters. The number of carbonyl (C=O) groups is 3. The maximum atomic E-state index is 12.3. The van der Waals surface area contributed by atoms with Gasteiger partial charge in [-0.1, -0.05) is 0 Å². The number of likely N-dealkylation sites (N-methyl/N-ethyl adjacent to an activating group) is 1. The lowest BCUT2D eigenvalue weighted by Gasteiger charge is -2.43. The summed E-state index contributed by atoms with van der Waals surface area (Å²) < 4.78 is 0. The molecule has 2 rings (SSSR count). The third kappa shape index (κ3) is 2.64. The van der Waals surface area contributed by atoms with E-state index < -0.39 is 17.9 Å². The van der Waals surface area contributed by atoms with E-state index in [0.717, 1.165) is 12.8 Å². The van der Waals surface area contributed by atoms with E-state index in [4.69, 9.17) is 5.11 Å². The zero-order valence-corrected chi connectivity index (χ0v) is 11.0. The van der Waals surface area contributed by atoms with E-state index in [2.05, 4.69) is 5.32 Å². The lowest BCUT2D eigenvalue weighted by molar-refractivity contribution is -0.146. The molecule has 0 aliphatic carbocycles. The summed E-state index contributed by atoms with van der Waals surface area (Å²) in [6, 6.07) is -0.638. The molecule has 0 aromatic rings. The van der Waals surface area contributed by atoms with Crippen LogP contribution < -0.4 is 5.32 Å². The first kappa shape index (κ1) is 13.6. The van der Waals surface area contributed by atoms with Crippen molar-refractivity contribution >= 4 is 17.9 Å². The highest BCUT2D eigenvalue weighted by molar-refractivity contribution is 5.88. The summed E-state index contributed by atoms with van der Waals surface area (Å²) in [6.45, 7) is 1.04. The van der Waals surface area contributed by atoms with Crippen molar-refractivity contribution in [2.24, 2.45) is 5.92 Å². The first-order chi connectivity index (χ1) is 9.04. The molecule has 2 aliphatic heterocycles. The minimum Gasteiger partial charge on any atom is -0.481 e. The molecule has 2 saturated heterocycles. The third-order valence-corrected chi connectivity index (χ3v) is 3.80. The molecular weight excluding hydrogens is 250 g/mol. The molecule has 0 radical (unpaired) electrons. The zero-order valence-electron chi connectivity index (χ0n) is 11.0. The SMILES string of the molecule is CNC(=O)C1CCCCN1C(=O)N1CC(C(=O)O)C1. The Morgan fingerprint density at radius 3 is 2.47 bits per heavy atom. The summed E-state index contributed by atoms with van der Waals surface area (Å²) in [6.07, 6.45) is 2.48. The Morgan fingerprint density at radius 1 is 1.21 bits per heavy atom. The van der Waals surface area contributed by atoms with Gasteiger partial charge in [0.05, 0.1) is 5.92 Å². The van der Waals surface area contributed by atoms with Crippen molar-refractivity contribution in [3.8, 4) is 0 Å². The van der Waals surface area contributed by atoms with Gasteiger partial charge in [-0.2, -0.15) is 0 Å². The minimum atomic E-state index is -0.870. The summed E-state index contributed by atoms with van der Waals surface area (Å²) >= 11 is 0. The smallest absolute Gasteiger partial charge is 0.320 e. The van der Waals surface area contributed by atoms with Crippen LogP contribution in [-0.4, -0.2) is 65.5 Å². The van der Waals surface area contributed by atoms with Gasteiger partial charge >= 0.3 is 12.0 Å². The maximum Gasteiger partial charge on any atom is 0.320 e. The van der Waals surface area contributed by atoms with Gasteiger partial charge in [0.1, 0.15) is 6.04 Å². The topological polar surface area (TPSA) is 90.0 Å². The predicted molar refractivity (Wildman–Crippen MR) is 66.5 cm³/mol. The van der Waals surface area contributed by atoms with E-state index in [1.807, 2.05) is 0 Å². The van der Waals surface area contributed by atoms with E-state index in [1.165, 1.54) is 4.90 Å². The second-order valence-electron chi connectivity index (χ2n) is 5.04. The molecule has 0 aromatic carbocycles. The monoisotopic (exact) mass is 269 g/mol. The molecule has 0 saturated carbocycles. The fraction of sp³-hybridized carbons (Fsp3) is 0.750. The van der Waals surface area contributed by atoms with E-state index in [1.54, 1.807) is 11.9 Å². The maximum absolute atomic E-state index is 12.3. The van der Waals surface area contributed by atoms with Crippen molar-refractivity contribution < 1.29 is 19.5 Å². The number of piperidine rings is 1. The lowest BCUT2D eigenvalue weighted by atomic mass is 9.99. The molecule has 2 aliphatic rings. The van der Waals surface area contributed by atoms with Gasteiger partial charge in [-0.25, -0.2) is 4.79 Å². The lowest BCUT2D eigenvalue weighted by Crippen LogP contribution is -2.61. The van der Waals surface area contributed by atoms with Crippen molar-refractivity contribution in [1.82, 2.24) is 15.1 Å². The fourth-order valence-corrected chi connectivity index (χ4v) is 2.57. The highest BCUT2D eigenvalue weighted by Crippen LogP contribution is 2.23. The van der Waals surface area contributed by atoms with Crippen molar-refractivity contribution in [3.63, 3.8) is 0 Å². The predicted octanol–water partition coefficient (Wildman–Crippen LogP) is -0.277. The quantitative estimate of drug-likeness (QED) is 0.721. The molecule has 3 amide bonds. The number of amides is 3. The molecule has 0 aromatic heterocycles. The largest absolute Gasteiger partial charge is 0.481 e. The molecule has 2 N–H and O–H groups in total. The second-order valence-corrected chi connectivity index (χ2v) is 5.04. The molecule has 2 fully saturated rings. The Hall–Kier alpha value is -1.79. The van der Waals surface area contributed by atoms with Crippen molar-refractivity contribution in [2.45, 2.75) is 25.3 Å². The first-order valence-electron chi connectivity index (χ1n) is 6.54. The summed E-state index contributed by atoms with van der Waals surface area (Å²) in [5.74, 6) is -1.49. The van der Waals surface area contributed by atoms with Crippen LogP contribution in [0, 0.1) is 5.92 Å². The van der Waals surface area contributed by atoms with Crippen LogP contribution in [0.2, 0.25) is 0 Å². The van der Waals surface area contributed by atoms with Crippen LogP contribution in [0.4, 0.5) is 4.79 Å². The molecule has 19 heavy (non-hydrogen) atoms. The number of rotatable bonds is 2. The number of nitrogens with zero attached hydrogens (tertiary/aromatic N) is 2. The normalized spacial score (nSPS) is 23.7. The number of carbonyl (C=O) groups excluding carboxylic acids is 2. The van der Waals surface area contributed by atoms with Crippen LogP contribution >= 0.6 is 0 Å². The van der Waals surface area contributed by atoms with Gasteiger partial charge in [-0.15, -0.1) is 0 Å². The average Bonchev–Trinajstić information content (AvgIpc) is 2.35. The number of likely N-dealkylation sites (tertiary alicyclic amines) is 2. The highest BCUT2D eigenvalue weighted by Gasteiger charge is 2.41. The van der Waals surface area contributed by atoms with Gasteiger partial charge < -0.3 is 20.2 Å². The zero-order chi connectivity index (χ0) is 14.0. The van der Waals surface area contributed by atoms with Crippen molar-refractivity contribution in [2.75, 3.05) is 26.7 Å². The Kier molecular flexibility index (Phi) is 3.92. The Bertz CT molecular complexity index is 392. The Labute approximate surface area is 111 Å². The van der Waals surface area contributed by atoms with Crippen LogP contribution in [0.15, 0.2) is 0 Å². The number of urea groups is 1. The van der Waals surface area contributed by atoms with Gasteiger partial charge in [0, 0.05) is 26.7 Å². The highest BCUT2D eigenvalue weighted by atomic mass is 16.4. The second kappa shape index (κ2) is 5.46. The van der Waals surface area contributed by atoms with E-state index in [9.17, 15) is 14.4 Å². The summed E-state index contributed by atoms with van der Waals surface area (Å²) in [4.78, 5) is 37.8. The van der Waals surface area contributed by atoms with Crippen LogP contribution in [0.1, 0.15) is 19.3 Å². The van der Waals surface area contributed by atoms with Crippen LogP contribution in [0.3, 0.4) is 0 Å². The van der Waals surface area contributed by atoms with Crippen molar-refractivity contribution in [3.05, 3.63) is 0 Å². The summed E-state index contributed by atoms with van der Waals surface area (Å²) in [5.41, 5.74) is 0. The number of hydrogen-bond donors (Lipinski definition) is 2. The molecule has 0 bridgehead atoms. The summed E-state index contributed by atoms with van der Waals surface area (Å²) in [5, 5.41) is 11.4. The number of hydrogen-bond acceptors (Lipinski definition) is 3. The third-order valence-electron chi connectivity index (χ3n) is 3.80. The number of nitrogens with one attached hydrogen (secondary N) is 1. The number of carboxylic acids is 1. The van der Waals surface area contributed by atoms with Gasteiger partial charge in [-0.3, -0.25) is 9.59 Å². The van der Waals surface area contributed by atoms with Crippen LogP contribution in [-0.2, 0) is 9.59 Å². The Morgan fingerprint density at radius 2 is 1.89 bits per heavy atom. The number of aliphatic carboxylic acids is 1. The molecule has 1 unspecified atom stereocenters. The van der Waals surface area contributed by atoms with E-state index in [0.29, 0.717) is 13.0 Å². The standard InChI is InChI=1S/C12H19N3O4/c1-13-10(16)9-4-2-3-5-15(9)12(19)14-6-8(7-14)11(17)18/h8-9H,2-7H2,1H3,(H,13,16)(H,17,18). The average molecular weight is 269 g/mol. The molecule has 0 spiro atoms. The first-order valence-corrected chi connectivity index (χ1v) is 6.54. The van der Waals surface area contributed by atoms with Crippen LogP contribution in [0.5, 0.6) is 0 Å². The van der Waals surface area contributed by atoms with Gasteiger partial charge in [0.15, 0.2) is 0 Å². The Balaban J connectivity index is 1.97.